The quantitative estimate of drug-likeness (QED) is 0.576. The maximum Gasteiger partial charge on any atom is 0.288 e. The minimum atomic E-state index is -0.544. The molecule has 8 nitrogen and oxygen atoms in total. The van der Waals surface area contributed by atoms with Gasteiger partial charge in [0.05, 0.1) is 4.92 Å². The van der Waals surface area contributed by atoms with Crippen molar-refractivity contribution >= 4 is 17.3 Å². The Bertz CT molecular complexity index is 631. The number of aryl methyl sites for hydroxylation is 1. The molecule has 2 rings (SSSR count). The van der Waals surface area contributed by atoms with Crippen LogP contribution in [0.5, 0.6) is 5.75 Å². The van der Waals surface area contributed by atoms with E-state index in [9.17, 15) is 10.1 Å². The summed E-state index contributed by atoms with van der Waals surface area (Å²) in [6.07, 6.45) is 2.01. The highest BCUT2D eigenvalue weighted by atomic mass is 35.5. The van der Waals surface area contributed by atoms with Gasteiger partial charge in [0.25, 0.3) is 5.69 Å². The van der Waals surface area contributed by atoms with Crippen LogP contribution in [0.3, 0.4) is 0 Å². The van der Waals surface area contributed by atoms with Crippen LogP contribution < -0.4 is 4.74 Å². The van der Waals surface area contributed by atoms with E-state index in [1.807, 2.05) is 0 Å². The molecule has 0 bridgehead atoms. The summed E-state index contributed by atoms with van der Waals surface area (Å²) in [5.74, 6) is 1.02. The van der Waals surface area contributed by atoms with Crippen molar-refractivity contribution in [1.82, 2.24) is 20.2 Å². The van der Waals surface area contributed by atoms with Gasteiger partial charge in [0.1, 0.15) is 17.4 Å². The second-order valence-electron chi connectivity index (χ2n) is 4.33. The van der Waals surface area contributed by atoms with Gasteiger partial charge >= 0.3 is 0 Å². The Labute approximate surface area is 125 Å². The van der Waals surface area contributed by atoms with E-state index in [4.69, 9.17) is 16.3 Å². The lowest BCUT2D eigenvalue weighted by atomic mass is 10.3. The van der Waals surface area contributed by atoms with Crippen LogP contribution >= 0.6 is 11.6 Å². The first-order valence-electron chi connectivity index (χ1n) is 6.43. The molecule has 0 saturated heterocycles. The summed E-state index contributed by atoms with van der Waals surface area (Å²) >= 11 is 5.82. The minimum Gasteiger partial charge on any atom is -0.485 e. The standard InChI is InChI=1S/C12H14ClN5O3/c1-2-3-6-17-12(14-15-16-17)8-21-9-4-5-11(18(19)20)10(13)7-9/h4-5,7H,2-3,6,8H2,1H3. The Hall–Kier alpha value is -2.22. The van der Waals surface area contributed by atoms with Gasteiger partial charge in [-0.05, 0) is 22.9 Å². The minimum absolute atomic E-state index is 0.0306. The molecule has 0 aliphatic heterocycles. The fraction of sp³-hybridized carbons (Fsp3) is 0.417. The topological polar surface area (TPSA) is 96.0 Å². The zero-order valence-electron chi connectivity index (χ0n) is 11.4. The summed E-state index contributed by atoms with van der Waals surface area (Å²) in [7, 11) is 0. The number of benzene rings is 1. The van der Waals surface area contributed by atoms with E-state index in [0.29, 0.717) is 11.6 Å². The van der Waals surface area contributed by atoms with E-state index in [1.54, 1.807) is 4.68 Å². The van der Waals surface area contributed by atoms with E-state index in [2.05, 4.69) is 22.4 Å². The number of ether oxygens (including phenoxy) is 1. The lowest BCUT2D eigenvalue weighted by Gasteiger charge is -2.07. The molecule has 0 N–H and O–H groups in total. The van der Waals surface area contributed by atoms with Crippen molar-refractivity contribution < 1.29 is 9.66 Å². The van der Waals surface area contributed by atoms with E-state index < -0.39 is 4.92 Å². The van der Waals surface area contributed by atoms with Crippen molar-refractivity contribution in [2.45, 2.75) is 32.9 Å². The molecule has 0 amide bonds. The summed E-state index contributed by atoms with van der Waals surface area (Å²) in [6, 6.07) is 4.20. The fourth-order valence-electron chi connectivity index (χ4n) is 1.68. The third-order valence-electron chi connectivity index (χ3n) is 2.81. The molecule has 0 aliphatic carbocycles. The van der Waals surface area contributed by atoms with Crippen LogP contribution in [-0.4, -0.2) is 25.1 Å². The third-order valence-corrected chi connectivity index (χ3v) is 3.12. The van der Waals surface area contributed by atoms with Crippen LogP contribution in [0.2, 0.25) is 5.02 Å². The number of unbranched alkanes of at least 4 members (excludes halogenated alkanes) is 1. The lowest BCUT2D eigenvalue weighted by Crippen LogP contribution is -2.09. The molecular weight excluding hydrogens is 298 g/mol. The van der Waals surface area contributed by atoms with Crippen molar-refractivity contribution in [2.75, 3.05) is 0 Å². The highest BCUT2D eigenvalue weighted by Crippen LogP contribution is 2.28. The molecule has 9 heteroatoms. The number of hydrogen-bond donors (Lipinski definition) is 0. The number of hydrogen-bond acceptors (Lipinski definition) is 6. The number of tetrazole rings is 1. The fourth-order valence-corrected chi connectivity index (χ4v) is 1.92. The van der Waals surface area contributed by atoms with E-state index in [0.717, 1.165) is 19.4 Å². The first-order chi connectivity index (χ1) is 10.1. The van der Waals surface area contributed by atoms with Crippen molar-refractivity contribution in [3.63, 3.8) is 0 Å². The maximum absolute atomic E-state index is 10.7. The third kappa shape index (κ3) is 3.88. The number of nitro benzene ring substituents is 1. The van der Waals surface area contributed by atoms with E-state index in [-0.39, 0.29) is 17.3 Å². The van der Waals surface area contributed by atoms with Gasteiger partial charge in [-0.3, -0.25) is 10.1 Å². The largest absolute Gasteiger partial charge is 0.485 e. The molecule has 0 unspecified atom stereocenters. The summed E-state index contributed by atoms with van der Waals surface area (Å²) in [6.45, 7) is 2.98. The smallest absolute Gasteiger partial charge is 0.288 e. The van der Waals surface area contributed by atoms with Crippen molar-refractivity contribution in [3.05, 3.63) is 39.2 Å². The maximum atomic E-state index is 10.7. The Balaban J connectivity index is 2.02. The molecule has 112 valence electrons. The summed E-state index contributed by atoms with van der Waals surface area (Å²) < 4.78 is 7.19. The number of nitrogens with zero attached hydrogens (tertiary/aromatic N) is 5. The van der Waals surface area contributed by atoms with E-state index >= 15 is 0 Å². The SMILES string of the molecule is CCCCn1nnnc1COc1ccc([N+](=O)[O-])c(Cl)c1. The molecule has 1 aromatic carbocycles. The molecule has 0 saturated carbocycles. The Morgan fingerprint density at radius 3 is 2.95 bits per heavy atom. The van der Waals surface area contributed by atoms with Gasteiger partial charge in [-0.2, -0.15) is 0 Å². The first-order valence-corrected chi connectivity index (χ1v) is 6.81. The molecule has 21 heavy (non-hydrogen) atoms. The second-order valence-corrected chi connectivity index (χ2v) is 4.74. The predicted octanol–water partition coefficient (Wildman–Crippen LogP) is 2.61. The van der Waals surface area contributed by atoms with Gasteiger partial charge in [0.2, 0.25) is 0 Å². The zero-order chi connectivity index (χ0) is 15.2. The van der Waals surface area contributed by atoms with Crippen LogP contribution in [0.4, 0.5) is 5.69 Å². The van der Waals surface area contributed by atoms with E-state index in [1.165, 1.54) is 18.2 Å². The Morgan fingerprint density at radius 1 is 1.48 bits per heavy atom. The number of nitro groups is 1. The second kappa shape index (κ2) is 6.98. The van der Waals surface area contributed by atoms with Crippen LogP contribution in [0.15, 0.2) is 18.2 Å². The lowest BCUT2D eigenvalue weighted by molar-refractivity contribution is -0.384. The van der Waals surface area contributed by atoms with Crippen molar-refractivity contribution in [2.24, 2.45) is 0 Å². The van der Waals surface area contributed by atoms with Gasteiger partial charge in [-0.1, -0.05) is 24.9 Å². The number of rotatable bonds is 7. The average Bonchev–Trinajstić information content (AvgIpc) is 2.90. The zero-order valence-corrected chi connectivity index (χ0v) is 12.2. The molecule has 0 aliphatic rings. The Kier molecular flexibility index (Phi) is 5.04. The molecular formula is C12H14ClN5O3. The van der Waals surface area contributed by atoms with Crippen LogP contribution in [-0.2, 0) is 13.2 Å². The Morgan fingerprint density at radius 2 is 2.29 bits per heavy atom. The van der Waals surface area contributed by atoms with Gasteiger partial charge in [-0.15, -0.1) is 5.10 Å². The van der Waals surface area contributed by atoms with Crippen LogP contribution in [0, 0.1) is 10.1 Å². The van der Waals surface area contributed by atoms with Gasteiger partial charge in [0, 0.05) is 18.7 Å². The normalized spacial score (nSPS) is 10.6. The molecule has 0 atom stereocenters. The van der Waals surface area contributed by atoms with Crippen LogP contribution in [0.25, 0.3) is 0 Å². The summed E-state index contributed by atoms with van der Waals surface area (Å²) in [5, 5.41) is 22.1. The molecule has 1 aromatic heterocycles. The van der Waals surface area contributed by atoms with Gasteiger partial charge in [-0.25, -0.2) is 4.68 Å². The average molecular weight is 312 g/mol. The van der Waals surface area contributed by atoms with Crippen molar-refractivity contribution in [1.29, 1.82) is 0 Å². The molecule has 2 aromatic rings. The number of aromatic nitrogens is 4. The molecule has 0 spiro atoms. The molecule has 0 fully saturated rings. The summed E-state index contributed by atoms with van der Waals surface area (Å²) in [5.41, 5.74) is -0.156. The summed E-state index contributed by atoms with van der Waals surface area (Å²) in [4.78, 5) is 10.1. The highest BCUT2D eigenvalue weighted by molar-refractivity contribution is 6.32. The van der Waals surface area contributed by atoms with Crippen molar-refractivity contribution in [3.8, 4) is 5.75 Å². The number of halogens is 1. The molecule has 1 heterocycles. The highest BCUT2D eigenvalue weighted by Gasteiger charge is 2.13. The molecule has 0 radical (unpaired) electrons. The van der Waals surface area contributed by atoms with Gasteiger partial charge < -0.3 is 4.74 Å². The monoisotopic (exact) mass is 311 g/mol. The predicted molar refractivity (Wildman–Crippen MR) is 75.2 cm³/mol. The first kappa shape index (κ1) is 15.2. The van der Waals surface area contributed by atoms with Gasteiger partial charge in [0.15, 0.2) is 5.82 Å². The van der Waals surface area contributed by atoms with Crippen LogP contribution in [0.1, 0.15) is 25.6 Å².